The second kappa shape index (κ2) is 6.31. The molecule has 0 spiro atoms. The normalized spacial score (nSPS) is 21.7. The van der Waals surface area contributed by atoms with E-state index < -0.39 is 0 Å². The number of hydrogen-bond acceptors (Lipinski definition) is 4. The molecule has 0 aromatic carbocycles. The molecule has 0 saturated carbocycles. The molecule has 5 heteroatoms. The number of morpholine rings is 1. The predicted molar refractivity (Wildman–Crippen MR) is 71.4 cm³/mol. The molecular weight excluding hydrogens is 228 g/mol. The molecule has 1 aromatic heterocycles. The van der Waals surface area contributed by atoms with Crippen molar-refractivity contribution >= 4 is 0 Å². The van der Waals surface area contributed by atoms with Gasteiger partial charge >= 0.3 is 0 Å². The standard InChI is InChI=1S/C13H24N4O/c1-11(2)17-4-5-18-13(9-17)8-16-7-12(6-14-3)15-10-16/h7,10-11,13-14H,4-6,8-9H2,1-3H3. The van der Waals surface area contributed by atoms with Gasteiger partial charge in [0.05, 0.1) is 31.3 Å². The van der Waals surface area contributed by atoms with Crippen LogP contribution in [-0.2, 0) is 17.8 Å². The highest BCUT2D eigenvalue weighted by molar-refractivity contribution is 4.96. The summed E-state index contributed by atoms with van der Waals surface area (Å²) in [6.45, 7) is 9.08. The van der Waals surface area contributed by atoms with E-state index in [1.54, 1.807) is 0 Å². The zero-order valence-corrected chi connectivity index (χ0v) is 11.6. The highest BCUT2D eigenvalue weighted by atomic mass is 16.5. The molecule has 2 rings (SSSR count). The Hall–Kier alpha value is -0.910. The summed E-state index contributed by atoms with van der Waals surface area (Å²) in [4.78, 5) is 6.83. The second-order valence-electron chi connectivity index (χ2n) is 5.17. The Kier molecular flexibility index (Phi) is 4.74. The monoisotopic (exact) mass is 252 g/mol. The average molecular weight is 252 g/mol. The Morgan fingerprint density at radius 1 is 1.56 bits per heavy atom. The molecule has 1 aliphatic heterocycles. The molecule has 18 heavy (non-hydrogen) atoms. The molecule has 5 nitrogen and oxygen atoms in total. The van der Waals surface area contributed by atoms with E-state index in [9.17, 15) is 0 Å². The second-order valence-corrected chi connectivity index (χ2v) is 5.17. The van der Waals surface area contributed by atoms with Crippen LogP contribution in [0.5, 0.6) is 0 Å². The first kappa shape index (κ1) is 13.5. The fraction of sp³-hybridized carbons (Fsp3) is 0.769. The fourth-order valence-electron chi connectivity index (χ4n) is 2.34. The number of nitrogens with zero attached hydrogens (tertiary/aromatic N) is 3. The molecule has 1 unspecified atom stereocenters. The summed E-state index contributed by atoms with van der Waals surface area (Å²) < 4.78 is 7.95. The molecule has 2 heterocycles. The van der Waals surface area contributed by atoms with Crippen molar-refractivity contribution in [3.63, 3.8) is 0 Å². The Labute approximate surface area is 109 Å². The zero-order valence-electron chi connectivity index (χ0n) is 11.6. The number of rotatable bonds is 5. The van der Waals surface area contributed by atoms with Crippen LogP contribution in [0.25, 0.3) is 0 Å². The first-order valence-corrected chi connectivity index (χ1v) is 6.70. The van der Waals surface area contributed by atoms with Gasteiger partial charge in [0, 0.05) is 31.9 Å². The van der Waals surface area contributed by atoms with Crippen molar-refractivity contribution in [2.45, 2.75) is 39.1 Å². The van der Waals surface area contributed by atoms with Gasteiger partial charge in [-0.1, -0.05) is 0 Å². The van der Waals surface area contributed by atoms with E-state index in [0.29, 0.717) is 6.04 Å². The molecule has 1 N–H and O–H groups in total. The van der Waals surface area contributed by atoms with E-state index in [2.05, 4.69) is 39.8 Å². The van der Waals surface area contributed by atoms with Crippen molar-refractivity contribution < 1.29 is 4.74 Å². The van der Waals surface area contributed by atoms with Gasteiger partial charge in [-0.2, -0.15) is 0 Å². The van der Waals surface area contributed by atoms with Crippen LogP contribution in [0, 0.1) is 0 Å². The minimum absolute atomic E-state index is 0.276. The fourth-order valence-corrected chi connectivity index (χ4v) is 2.34. The van der Waals surface area contributed by atoms with Gasteiger partial charge in [0.25, 0.3) is 0 Å². The van der Waals surface area contributed by atoms with Gasteiger partial charge < -0.3 is 14.6 Å². The van der Waals surface area contributed by atoms with Crippen molar-refractivity contribution in [3.05, 3.63) is 18.2 Å². The molecule has 0 bridgehead atoms. The van der Waals surface area contributed by atoms with Gasteiger partial charge in [-0.05, 0) is 20.9 Å². The number of aromatic nitrogens is 2. The lowest BCUT2D eigenvalue weighted by Gasteiger charge is -2.35. The van der Waals surface area contributed by atoms with Crippen LogP contribution in [0.1, 0.15) is 19.5 Å². The van der Waals surface area contributed by atoms with E-state index in [1.165, 1.54) is 0 Å². The van der Waals surface area contributed by atoms with Gasteiger partial charge in [0.15, 0.2) is 0 Å². The summed E-state index contributed by atoms with van der Waals surface area (Å²) in [6.07, 6.45) is 4.26. The quantitative estimate of drug-likeness (QED) is 0.838. The maximum atomic E-state index is 5.83. The van der Waals surface area contributed by atoms with Crippen LogP contribution in [0.15, 0.2) is 12.5 Å². The summed E-state index contributed by atoms with van der Waals surface area (Å²) in [7, 11) is 1.93. The molecule has 0 radical (unpaired) electrons. The number of imidazole rings is 1. The van der Waals surface area contributed by atoms with E-state index >= 15 is 0 Å². The molecule has 1 aromatic rings. The molecule has 0 amide bonds. The maximum Gasteiger partial charge on any atom is 0.0950 e. The SMILES string of the molecule is CNCc1cn(CC2CN(C(C)C)CCO2)cn1. The largest absolute Gasteiger partial charge is 0.374 e. The number of hydrogen-bond donors (Lipinski definition) is 1. The molecule has 0 aliphatic carbocycles. The van der Waals surface area contributed by atoms with Crippen LogP contribution in [-0.4, -0.2) is 53.3 Å². The van der Waals surface area contributed by atoms with Crippen molar-refractivity contribution in [1.82, 2.24) is 19.8 Å². The molecule has 1 fully saturated rings. The number of ether oxygens (including phenoxy) is 1. The van der Waals surface area contributed by atoms with E-state index in [1.807, 2.05) is 13.4 Å². The lowest BCUT2D eigenvalue weighted by atomic mass is 10.2. The van der Waals surface area contributed by atoms with Crippen molar-refractivity contribution in [1.29, 1.82) is 0 Å². The minimum Gasteiger partial charge on any atom is -0.374 e. The molecule has 1 saturated heterocycles. The Balaban J connectivity index is 1.87. The van der Waals surface area contributed by atoms with Crippen molar-refractivity contribution in [2.24, 2.45) is 0 Å². The average Bonchev–Trinajstić information content (AvgIpc) is 2.77. The molecular formula is C13H24N4O. The number of nitrogens with one attached hydrogen (secondary N) is 1. The third kappa shape index (κ3) is 3.54. The Morgan fingerprint density at radius 2 is 2.39 bits per heavy atom. The third-order valence-corrected chi connectivity index (χ3v) is 3.36. The molecule has 102 valence electrons. The van der Waals surface area contributed by atoms with Crippen molar-refractivity contribution in [3.8, 4) is 0 Å². The molecule has 1 atom stereocenters. The van der Waals surface area contributed by atoms with E-state index in [0.717, 1.165) is 38.5 Å². The summed E-state index contributed by atoms with van der Waals surface area (Å²) >= 11 is 0. The summed E-state index contributed by atoms with van der Waals surface area (Å²) in [5.74, 6) is 0. The highest BCUT2D eigenvalue weighted by Gasteiger charge is 2.22. The van der Waals surface area contributed by atoms with Gasteiger partial charge in [0.1, 0.15) is 0 Å². The van der Waals surface area contributed by atoms with Crippen LogP contribution in [0.3, 0.4) is 0 Å². The van der Waals surface area contributed by atoms with Gasteiger partial charge in [-0.25, -0.2) is 4.98 Å². The van der Waals surface area contributed by atoms with Gasteiger partial charge in [-0.3, -0.25) is 4.90 Å². The lowest BCUT2D eigenvalue weighted by molar-refractivity contribution is -0.0456. The zero-order chi connectivity index (χ0) is 13.0. The van der Waals surface area contributed by atoms with Crippen molar-refractivity contribution in [2.75, 3.05) is 26.7 Å². The van der Waals surface area contributed by atoms with Gasteiger partial charge in [0.2, 0.25) is 0 Å². The first-order valence-electron chi connectivity index (χ1n) is 6.70. The predicted octanol–water partition coefficient (Wildman–Crippen LogP) is 0.712. The van der Waals surface area contributed by atoms with Crippen LogP contribution >= 0.6 is 0 Å². The van der Waals surface area contributed by atoms with Crippen LogP contribution in [0.2, 0.25) is 0 Å². The van der Waals surface area contributed by atoms with E-state index in [-0.39, 0.29) is 6.10 Å². The highest BCUT2D eigenvalue weighted by Crippen LogP contribution is 2.11. The van der Waals surface area contributed by atoms with Crippen LogP contribution in [0.4, 0.5) is 0 Å². The van der Waals surface area contributed by atoms with E-state index in [4.69, 9.17) is 4.74 Å². The smallest absolute Gasteiger partial charge is 0.0950 e. The van der Waals surface area contributed by atoms with Crippen LogP contribution < -0.4 is 5.32 Å². The first-order chi connectivity index (χ1) is 8.69. The lowest BCUT2D eigenvalue weighted by Crippen LogP contribution is -2.47. The van der Waals surface area contributed by atoms with Gasteiger partial charge in [-0.15, -0.1) is 0 Å². The third-order valence-electron chi connectivity index (χ3n) is 3.36. The summed E-state index contributed by atoms with van der Waals surface area (Å²) in [5, 5.41) is 3.11. The minimum atomic E-state index is 0.276. The summed E-state index contributed by atoms with van der Waals surface area (Å²) in [5.41, 5.74) is 1.08. The maximum absolute atomic E-state index is 5.83. The molecule has 1 aliphatic rings. The Bertz CT molecular complexity index is 364. The summed E-state index contributed by atoms with van der Waals surface area (Å²) in [6, 6.07) is 0.596. The Morgan fingerprint density at radius 3 is 3.11 bits per heavy atom. The topological polar surface area (TPSA) is 42.3 Å².